The molecule has 3 aromatic carbocycles. The molecule has 0 radical (unpaired) electrons. The third-order valence-corrected chi connectivity index (χ3v) is 7.27. The molecule has 0 saturated heterocycles. The van der Waals surface area contributed by atoms with Gasteiger partial charge in [0.05, 0.1) is 24.2 Å². The highest BCUT2D eigenvalue weighted by atomic mass is 79.9. The van der Waals surface area contributed by atoms with Crippen LogP contribution in [0.15, 0.2) is 75.0 Å². The van der Waals surface area contributed by atoms with Gasteiger partial charge in [0.15, 0.2) is 18.1 Å². The minimum absolute atomic E-state index is 0.162. The summed E-state index contributed by atoms with van der Waals surface area (Å²) in [5, 5.41) is 7.65. The molecule has 1 N–H and O–H groups in total. The fourth-order valence-corrected chi connectivity index (χ4v) is 5.18. The second-order valence-corrected chi connectivity index (χ2v) is 10.5. The first-order chi connectivity index (χ1) is 19.4. The predicted molar refractivity (Wildman–Crippen MR) is 156 cm³/mol. The van der Waals surface area contributed by atoms with Crippen LogP contribution in [-0.4, -0.2) is 35.5 Å². The van der Waals surface area contributed by atoms with Gasteiger partial charge in [0.2, 0.25) is 0 Å². The number of aromatic nitrogens is 2. The Balaban J connectivity index is 1.38. The molecule has 206 valence electrons. The van der Waals surface area contributed by atoms with E-state index in [1.54, 1.807) is 36.5 Å². The zero-order valence-electron chi connectivity index (χ0n) is 21.9. The summed E-state index contributed by atoms with van der Waals surface area (Å²) >= 11 is 3.45. The Bertz CT molecular complexity index is 1630. The minimum Gasteiger partial charge on any atom is -0.493 e. The van der Waals surface area contributed by atoms with Crippen molar-refractivity contribution in [2.45, 2.75) is 38.0 Å². The molecule has 0 aliphatic heterocycles. The molecule has 1 aliphatic rings. The van der Waals surface area contributed by atoms with Crippen LogP contribution in [0.2, 0.25) is 0 Å². The predicted octanol–water partition coefficient (Wildman–Crippen LogP) is 6.25. The van der Waals surface area contributed by atoms with Gasteiger partial charge in [0.1, 0.15) is 11.6 Å². The van der Waals surface area contributed by atoms with Gasteiger partial charge >= 0.3 is 0 Å². The fourth-order valence-electron chi connectivity index (χ4n) is 4.82. The third-order valence-electron chi connectivity index (χ3n) is 6.78. The Kier molecular flexibility index (Phi) is 8.54. The lowest BCUT2D eigenvalue weighted by atomic mass is 9.88. The van der Waals surface area contributed by atoms with Crippen LogP contribution < -0.4 is 20.3 Å². The summed E-state index contributed by atoms with van der Waals surface area (Å²) in [5.41, 5.74) is 1.44. The molecule has 0 spiro atoms. The summed E-state index contributed by atoms with van der Waals surface area (Å²) in [6, 6.07) is 16.2. The van der Waals surface area contributed by atoms with E-state index < -0.39 is 11.7 Å². The van der Waals surface area contributed by atoms with Gasteiger partial charge in [-0.3, -0.25) is 9.59 Å². The number of carbonyl (C=O) groups is 1. The van der Waals surface area contributed by atoms with Crippen LogP contribution in [0.5, 0.6) is 11.5 Å². The molecule has 1 amide bonds. The first-order valence-corrected chi connectivity index (χ1v) is 13.8. The van der Waals surface area contributed by atoms with Gasteiger partial charge < -0.3 is 14.8 Å². The summed E-state index contributed by atoms with van der Waals surface area (Å²) in [5.74, 6) is 0.693. The Hall–Kier alpha value is -4.05. The standard InChI is InChI=1S/C30H28BrFN4O4/c1-39-27-14-19(10-13-26(27)40-18-28(37)34-23-9-5-8-22(32)16-23)17-33-36-29(20-6-3-2-4-7-20)35-25-12-11-21(31)15-24(25)30(36)38/h5,8-17,20H,2-4,6-7,18H2,1H3,(H,34,37). The summed E-state index contributed by atoms with van der Waals surface area (Å²) in [6.07, 6.45) is 6.91. The van der Waals surface area contributed by atoms with Gasteiger partial charge in [-0.1, -0.05) is 41.3 Å². The zero-order valence-corrected chi connectivity index (χ0v) is 23.5. The average Bonchev–Trinajstić information content (AvgIpc) is 2.96. The zero-order chi connectivity index (χ0) is 28.1. The Morgan fingerprint density at radius 1 is 1.12 bits per heavy atom. The van der Waals surface area contributed by atoms with Crippen LogP contribution in [-0.2, 0) is 4.79 Å². The molecule has 1 saturated carbocycles. The fraction of sp³-hybridized carbons (Fsp3) is 0.267. The van der Waals surface area contributed by atoms with Crippen LogP contribution >= 0.6 is 15.9 Å². The average molecular weight is 607 g/mol. The largest absolute Gasteiger partial charge is 0.493 e. The number of amides is 1. The number of methoxy groups -OCH3 is 1. The number of nitrogens with zero attached hydrogens (tertiary/aromatic N) is 3. The first kappa shape index (κ1) is 27.5. The quantitative estimate of drug-likeness (QED) is 0.239. The van der Waals surface area contributed by atoms with Crippen molar-refractivity contribution in [3.63, 3.8) is 0 Å². The Morgan fingerprint density at radius 2 is 1.95 bits per heavy atom. The second-order valence-electron chi connectivity index (χ2n) is 9.59. The van der Waals surface area contributed by atoms with E-state index in [4.69, 9.17) is 14.5 Å². The SMILES string of the molecule is COc1cc(C=Nn2c(C3CCCCC3)nc3ccc(Br)cc3c2=O)ccc1OCC(=O)Nc1cccc(F)c1. The monoisotopic (exact) mass is 606 g/mol. The lowest BCUT2D eigenvalue weighted by Gasteiger charge is -2.22. The number of benzene rings is 3. The topological polar surface area (TPSA) is 94.8 Å². The van der Waals surface area contributed by atoms with Crippen LogP contribution in [0, 0.1) is 5.82 Å². The number of nitrogens with one attached hydrogen (secondary N) is 1. The van der Waals surface area contributed by atoms with Gasteiger partial charge in [0, 0.05) is 16.1 Å². The van der Waals surface area contributed by atoms with Crippen molar-refractivity contribution in [2.75, 3.05) is 19.0 Å². The van der Waals surface area contributed by atoms with Gasteiger partial charge in [-0.25, -0.2) is 9.37 Å². The van der Waals surface area contributed by atoms with E-state index in [1.165, 1.54) is 36.4 Å². The number of ether oxygens (including phenoxy) is 2. The molecule has 4 aromatic rings. The van der Waals surface area contributed by atoms with E-state index in [0.717, 1.165) is 30.2 Å². The molecule has 0 atom stereocenters. The van der Waals surface area contributed by atoms with Crippen molar-refractivity contribution in [1.82, 2.24) is 9.66 Å². The molecule has 0 bridgehead atoms. The number of hydrogen-bond acceptors (Lipinski definition) is 6. The Labute approximate surface area is 239 Å². The molecule has 1 aromatic heterocycles. The molecule has 0 unspecified atom stereocenters. The molecular formula is C30H28BrFN4O4. The molecule has 1 aliphatic carbocycles. The van der Waals surface area contributed by atoms with Crippen molar-refractivity contribution >= 4 is 44.6 Å². The molecule has 5 rings (SSSR count). The maximum Gasteiger partial charge on any atom is 0.282 e. The van der Waals surface area contributed by atoms with Gasteiger partial charge in [-0.2, -0.15) is 9.78 Å². The van der Waals surface area contributed by atoms with Crippen LogP contribution in [0.1, 0.15) is 49.4 Å². The lowest BCUT2D eigenvalue weighted by Crippen LogP contribution is -2.25. The van der Waals surface area contributed by atoms with E-state index in [-0.39, 0.29) is 18.1 Å². The van der Waals surface area contributed by atoms with Gasteiger partial charge in [-0.05, 0) is 73.0 Å². The summed E-state index contributed by atoms with van der Waals surface area (Å²) in [6.45, 7) is -0.293. The van der Waals surface area contributed by atoms with E-state index in [2.05, 4.69) is 26.3 Å². The molecule has 10 heteroatoms. The van der Waals surface area contributed by atoms with Crippen molar-refractivity contribution in [3.05, 3.63) is 92.7 Å². The maximum atomic E-state index is 13.5. The van der Waals surface area contributed by atoms with E-state index in [9.17, 15) is 14.0 Å². The van der Waals surface area contributed by atoms with Crippen LogP contribution in [0.25, 0.3) is 10.9 Å². The summed E-state index contributed by atoms with van der Waals surface area (Å²) < 4.78 is 26.7. The van der Waals surface area contributed by atoms with Crippen molar-refractivity contribution in [3.8, 4) is 11.5 Å². The van der Waals surface area contributed by atoms with Gasteiger partial charge in [-0.15, -0.1) is 0 Å². The third kappa shape index (κ3) is 6.39. The second kappa shape index (κ2) is 12.4. The molecule has 1 heterocycles. The van der Waals surface area contributed by atoms with E-state index >= 15 is 0 Å². The van der Waals surface area contributed by atoms with Crippen molar-refractivity contribution in [1.29, 1.82) is 0 Å². The normalized spacial score (nSPS) is 14.0. The molecule has 1 fully saturated rings. The van der Waals surface area contributed by atoms with E-state index in [0.29, 0.717) is 39.5 Å². The number of anilines is 1. The summed E-state index contributed by atoms with van der Waals surface area (Å²) in [4.78, 5) is 30.7. The molecule has 8 nitrogen and oxygen atoms in total. The maximum absolute atomic E-state index is 13.5. The number of carbonyl (C=O) groups excluding carboxylic acids is 1. The highest BCUT2D eigenvalue weighted by Crippen LogP contribution is 2.32. The van der Waals surface area contributed by atoms with Crippen LogP contribution in [0.4, 0.5) is 10.1 Å². The summed E-state index contributed by atoms with van der Waals surface area (Å²) in [7, 11) is 1.49. The number of rotatable bonds is 8. The first-order valence-electron chi connectivity index (χ1n) is 13.0. The highest BCUT2D eigenvalue weighted by Gasteiger charge is 2.22. The van der Waals surface area contributed by atoms with Crippen molar-refractivity contribution in [2.24, 2.45) is 5.10 Å². The molecule has 40 heavy (non-hydrogen) atoms. The van der Waals surface area contributed by atoms with Crippen molar-refractivity contribution < 1.29 is 18.7 Å². The van der Waals surface area contributed by atoms with E-state index in [1.807, 2.05) is 12.1 Å². The number of fused-ring (bicyclic) bond motifs is 1. The van der Waals surface area contributed by atoms with Crippen LogP contribution in [0.3, 0.4) is 0 Å². The van der Waals surface area contributed by atoms with Gasteiger partial charge in [0.25, 0.3) is 11.5 Å². The number of hydrogen-bond donors (Lipinski definition) is 1. The highest BCUT2D eigenvalue weighted by molar-refractivity contribution is 9.10. The lowest BCUT2D eigenvalue weighted by molar-refractivity contribution is -0.118. The minimum atomic E-state index is -0.446. The number of halogens is 2. The molecular weight excluding hydrogens is 579 g/mol. The Morgan fingerprint density at radius 3 is 2.73 bits per heavy atom. The smallest absolute Gasteiger partial charge is 0.282 e.